The molecule has 0 spiro atoms. The lowest BCUT2D eigenvalue weighted by atomic mass is 10.1. The number of methoxy groups -OCH3 is 2. The maximum absolute atomic E-state index is 12.2. The number of urea groups is 1. The second-order valence-corrected chi connectivity index (χ2v) is 6.98. The van der Waals surface area contributed by atoms with Gasteiger partial charge in [-0.15, -0.1) is 0 Å². The van der Waals surface area contributed by atoms with Gasteiger partial charge in [0.05, 0.1) is 14.2 Å². The number of hydrogen-bond donors (Lipinski definition) is 2. The molecule has 0 bridgehead atoms. The molecule has 2 N–H and O–H groups in total. The summed E-state index contributed by atoms with van der Waals surface area (Å²) >= 11 is 0. The van der Waals surface area contributed by atoms with E-state index in [-0.39, 0.29) is 17.9 Å². The maximum atomic E-state index is 12.2. The number of nitrogens with zero attached hydrogens (tertiary/aromatic N) is 1. The predicted molar refractivity (Wildman–Crippen MR) is 97.5 cm³/mol. The fourth-order valence-electron chi connectivity index (χ4n) is 3.21. The molecule has 7 heteroatoms. The molecule has 3 amide bonds. The summed E-state index contributed by atoms with van der Waals surface area (Å²) in [5, 5.41) is 5.78. The maximum Gasteiger partial charge on any atom is 0.315 e. The van der Waals surface area contributed by atoms with Crippen molar-refractivity contribution in [1.29, 1.82) is 0 Å². The molecule has 1 aliphatic carbocycles. The number of rotatable bonds is 8. The molecular formula is C19H27N3O4. The number of carbonyl (C=O) groups is 2. The Hall–Kier alpha value is -2.44. The van der Waals surface area contributed by atoms with Gasteiger partial charge >= 0.3 is 6.03 Å². The molecule has 1 aliphatic heterocycles. The molecule has 2 aliphatic rings. The van der Waals surface area contributed by atoms with E-state index in [2.05, 4.69) is 10.6 Å². The largest absolute Gasteiger partial charge is 0.493 e. The Morgan fingerprint density at radius 1 is 1.23 bits per heavy atom. The number of carbonyl (C=O) groups excluding carboxylic acids is 2. The van der Waals surface area contributed by atoms with E-state index in [0.717, 1.165) is 24.8 Å². The number of hydrogen-bond acceptors (Lipinski definition) is 4. The fourth-order valence-corrected chi connectivity index (χ4v) is 3.21. The summed E-state index contributed by atoms with van der Waals surface area (Å²) in [5.74, 6) is 1.73. The first-order valence-corrected chi connectivity index (χ1v) is 9.12. The highest BCUT2D eigenvalue weighted by atomic mass is 16.5. The predicted octanol–water partition coefficient (Wildman–Crippen LogP) is 1.56. The Morgan fingerprint density at radius 3 is 2.69 bits per heavy atom. The summed E-state index contributed by atoms with van der Waals surface area (Å²) in [6, 6.07) is 6.04. The Kier molecular flexibility index (Phi) is 5.85. The third kappa shape index (κ3) is 4.80. The Balaban J connectivity index is 1.44. The first kappa shape index (κ1) is 18.4. The van der Waals surface area contributed by atoms with E-state index in [1.807, 2.05) is 23.1 Å². The van der Waals surface area contributed by atoms with Gasteiger partial charge in [0, 0.05) is 38.0 Å². The molecule has 1 atom stereocenters. The van der Waals surface area contributed by atoms with Crippen LogP contribution in [0.1, 0.15) is 24.8 Å². The van der Waals surface area contributed by atoms with E-state index < -0.39 is 0 Å². The summed E-state index contributed by atoms with van der Waals surface area (Å²) in [5.41, 5.74) is 1.10. The van der Waals surface area contributed by atoms with E-state index in [1.54, 1.807) is 14.2 Å². The molecule has 142 valence electrons. The smallest absolute Gasteiger partial charge is 0.315 e. The van der Waals surface area contributed by atoms with Crippen molar-refractivity contribution in [2.45, 2.75) is 31.7 Å². The van der Waals surface area contributed by atoms with Crippen LogP contribution in [0, 0.1) is 5.92 Å². The van der Waals surface area contributed by atoms with Crippen molar-refractivity contribution >= 4 is 11.9 Å². The second kappa shape index (κ2) is 8.29. The van der Waals surface area contributed by atoms with Crippen LogP contribution in [-0.2, 0) is 11.2 Å². The molecule has 0 radical (unpaired) electrons. The highest BCUT2D eigenvalue weighted by Crippen LogP contribution is 2.28. The minimum atomic E-state index is -0.122. The van der Waals surface area contributed by atoms with Gasteiger partial charge < -0.3 is 25.0 Å². The molecule has 7 nitrogen and oxygen atoms in total. The van der Waals surface area contributed by atoms with E-state index >= 15 is 0 Å². The lowest BCUT2D eigenvalue weighted by Gasteiger charge is -2.17. The van der Waals surface area contributed by atoms with Crippen molar-refractivity contribution in [3.63, 3.8) is 0 Å². The number of ether oxygens (including phenoxy) is 2. The monoisotopic (exact) mass is 361 g/mol. The molecule has 2 fully saturated rings. The summed E-state index contributed by atoms with van der Waals surface area (Å²) < 4.78 is 10.6. The van der Waals surface area contributed by atoms with Gasteiger partial charge in [0.25, 0.3) is 0 Å². The topological polar surface area (TPSA) is 79.9 Å². The van der Waals surface area contributed by atoms with Gasteiger partial charge in [0.1, 0.15) is 0 Å². The standard InChI is InChI=1S/C19H27N3O4/c1-25-16-6-3-13(9-17(16)26-2)7-8-22-12-14(10-18(22)23)11-20-19(24)21-15-4-5-15/h3,6,9,14-15H,4-5,7-8,10-12H2,1-2H3,(H2,20,21,24). The van der Waals surface area contributed by atoms with E-state index in [1.165, 1.54) is 0 Å². The summed E-state index contributed by atoms with van der Waals surface area (Å²) in [6.07, 6.45) is 3.39. The fraction of sp³-hybridized carbons (Fsp3) is 0.579. The Labute approximate surface area is 154 Å². The van der Waals surface area contributed by atoms with Gasteiger partial charge in [-0.25, -0.2) is 4.79 Å². The van der Waals surface area contributed by atoms with Gasteiger partial charge in [0.2, 0.25) is 5.91 Å². The van der Waals surface area contributed by atoms with Crippen LogP contribution in [0.4, 0.5) is 4.79 Å². The normalized spacial score (nSPS) is 19.4. The Morgan fingerprint density at radius 2 is 2.00 bits per heavy atom. The van der Waals surface area contributed by atoms with Crippen LogP contribution in [0.15, 0.2) is 18.2 Å². The molecule has 0 aromatic heterocycles. The van der Waals surface area contributed by atoms with Crippen molar-refractivity contribution < 1.29 is 19.1 Å². The van der Waals surface area contributed by atoms with Gasteiger partial charge in [-0.05, 0) is 37.0 Å². The van der Waals surface area contributed by atoms with Gasteiger partial charge in [-0.3, -0.25) is 4.79 Å². The number of likely N-dealkylation sites (tertiary alicyclic amines) is 1. The highest BCUT2D eigenvalue weighted by Gasteiger charge is 2.30. The first-order chi connectivity index (χ1) is 12.6. The number of benzene rings is 1. The minimum absolute atomic E-state index is 0.122. The quantitative estimate of drug-likeness (QED) is 0.736. The average molecular weight is 361 g/mol. The molecule has 3 rings (SSSR count). The minimum Gasteiger partial charge on any atom is -0.493 e. The zero-order valence-electron chi connectivity index (χ0n) is 15.4. The van der Waals surface area contributed by atoms with Crippen molar-refractivity contribution in [3.05, 3.63) is 23.8 Å². The lowest BCUT2D eigenvalue weighted by molar-refractivity contribution is -0.127. The molecular weight excluding hydrogens is 334 g/mol. The van der Waals surface area contributed by atoms with Crippen LogP contribution in [0.3, 0.4) is 0 Å². The van der Waals surface area contributed by atoms with Crippen LogP contribution in [0.2, 0.25) is 0 Å². The van der Waals surface area contributed by atoms with Gasteiger partial charge in [0.15, 0.2) is 11.5 Å². The zero-order chi connectivity index (χ0) is 18.5. The SMILES string of the molecule is COc1ccc(CCN2CC(CNC(=O)NC3CC3)CC2=O)cc1OC. The molecule has 1 heterocycles. The van der Waals surface area contributed by atoms with Crippen LogP contribution < -0.4 is 20.1 Å². The lowest BCUT2D eigenvalue weighted by Crippen LogP contribution is -2.39. The van der Waals surface area contributed by atoms with Crippen LogP contribution in [0.25, 0.3) is 0 Å². The summed E-state index contributed by atoms with van der Waals surface area (Å²) in [6.45, 7) is 1.89. The van der Waals surface area contributed by atoms with Crippen LogP contribution in [-0.4, -0.2) is 56.7 Å². The van der Waals surface area contributed by atoms with Crippen molar-refractivity contribution in [2.75, 3.05) is 33.9 Å². The molecule has 1 saturated heterocycles. The van der Waals surface area contributed by atoms with Gasteiger partial charge in [-0.1, -0.05) is 6.07 Å². The molecule has 1 aromatic carbocycles. The van der Waals surface area contributed by atoms with Crippen molar-refractivity contribution in [3.8, 4) is 11.5 Å². The second-order valence-electron chi connectivity index (χ2n) is 6.98. The molecule has 1 saturated carbocycles. The molecule has 1 unspecified atom stereocenters. The summed E-state index contributed by atoms with van der Waals surface area (Å²) in [7, 11) is 3.22. The summed E-state index contributed by atoms with van der Waals surface area (Å²) in [4.78, 5) is 25.8. The zero-order valence-corrected chi connectivity index (χ0v) is 15.4. The average Bonchev–Trinajstić information content (AvgIpc) is 3.38. The van der Waals surface area contributed by atoms with E-state index in [4.69, 9.17) is 9.47 Å². The third-order valence-corrected chi connectivity index (χ3v) is 4.88. The van der Waals surface area contributed by atoms with Gasteiger partial charge in [-0.2, -0.15) is 0 Å². The highest BCUT2D eigenvalue weighted by molar-refractivity contribution is 5.79. The van der Waals surface area contributed by atoms with Crippen LogP contribution >= 0.6 is 0 Å². The third-order valence-electron chi connectivity index (χ3n) is 4.88. The van der Waals surface area contributed by atoms with Crippen molar-refractivity contribution in [1.82, 2.24) is 15.5 Å². The number of amides is 3. The van der Waals surface area contributed by atoms with E-state index in [0.29, 0.717) is 43.6 Å². The Bertz CT molecular complexity index is 660. The molecule has 1 aromatic rings. The van der Waals surface area contributed by atoms with Crippen molar-refractivity contribution in [2.24, 2.45) is 5.92 Å². The van der Waals surface area contributed by atoms with E-state index in [9.17, 15) is 9.59 Å². The number of nitrogens with one attached hydrogen (secondary N) is 2. The van der Waals surface area contributed by atoms with Crippen LogP contribution in [0.5, 0.6) is 11.5 Å². The molecule has 26 heavy (non-hydrogen) atoms. The first-order valence-electron chi connectivity index (χ1n) is 9.12.